The van der Waals surface area contributed by atoms with Gasteiger partial charge in [-0.15, -0.1) is 0 Å². The second-order valence-corrected chi connectivity index (χ2v) is 5.07. The molecule has 1 atom stereocenters. The maximum absolute atomic E-state index is 12.6. The first-order valence-electron chi connectivity index (χ1n) is 6.60. The van der Waals surface area contributed by atoms with Gasteiger partial charge in [0.2, 0.25) is 5.91 Å². The lowest BCUT2D eigenvalue weighted by Gasteiger charge is -2.22. The quantitative estimate of drug-likeness (QED) is 0.578. The number of nitrogens with two attached hydrogens (primary N) is 1. The molecule has 1 fully saturated rings. The van der Waals surface area contributed by atoms with Crippen LogP contribution in [-0.4, -0.2) is 21.6 Å². The first-order chi connectivity index (χ1) is 9.99. The lowest BCUT2D eigenvalue weighted by molar-refractivity contribution is -0.136. The summed E-state index contributed by atoms with van der Waals surface area (Å²) >= 11 is 0. The van der Waals surface area contributed by atoms with Crippen molar-refractivity contribution in [2.75, 3.05) is 5.73 Å². The van der Waals surface area contributed by atoms with Gasteiger partial charge in [0, 0.05) is 17.5 Å². The Kier molecular flexibility index (Phi) is 2.97. The fourth-order valence-electron chi connectivity index (χ4n) is 2.61. The zero-order valence-corrected chi connectivity index (χ0v) is 11.4. The van der Waals surface area contributed by atoms with Gasteiger partial charge in [0.25, 0.3) is 11.5 Å². The molecule has 1 unspecified atom stereocenters. The Morgan fingerprint density at radius 3 is 2.81 bits per heavy atom. The van der Waals surface area contributed by atoms with Crippen LogP contribution in [0.4, 0.5) is 5.69 Å². The highest BCUT2D eigenvalue weighted by Crippen LogP contribution is 2.22. The summed E-state index contributed by atoms with van der Waals surface area (Å²) in [4.78, 5) is 35.7. The average Bonchev–Trinajstić information content (AvgIpc) is 2.43. The van der Waals surface area contributed by atoms with E-state index < -0.39 is 17.5 Å². The van der Waals surface area contributed by atoms with Crippen LogP contribution in [0.1, 0.15) is 24.6 Å². The number of nitrogen functional groups attached to an aromatic ring is 1. The maximum Gasteiger partial charge on any atom is 0.277 e. The van der Waals surface area contributed by atoms with Crippen LogP contribution >= 0.6 is 0 Å². The molecule has 21 heavy (non-hydrogen) atoms. The molecule has 0 spiro atoms. The number of fused-ring (bicyclic) bond motifs is 1. The Bertz CT molecular complexity index is 825. The SMILES string of the molecule is Cc1nn(C2CCC(=O)NC2=O)c(=O)c2c(N)cccc12. The number of rotatable bonds is 1. The van der Waals surface area contributed by atoms with Crippen molar-refractivity contribution < 1.29 is 9.59 Å². The van der Waals surface area contributed by atoms with Crippen LogP contribution in [0.5, 0.6) is 0 Å². The molecule has 0 aliphatic carbocycles. The van der Waals surface area contributed by atoms with Crippen LogP contribution in [0.15, 0.2) is 23.0 Å². The summed E-state index contributed by atoms with van der Waals surface area (Å²) in [5, 5.41) is 7.47. The minimum Gasteiger partial charge on any atom is -0.398 e. The second kappa shape index (κ2) is 4.69. The summed E-state index contributed by atoms with van der Waals surface area (Å²) in [7, 11) is 0. The van der Waals surface area contributed by atoms with Gasteiger partial charge in [-0.1, -0.05) is 12.1 Å². The molecule has 2 amide bonds. The van der Waals surface area contributed by atoms with Gasteiger partial charge in [0.15, 0.2) is 0 Å². The fraction of sp³-hybridized carbons (Fsp3) is 0.286. The van der Waals surface area contributed by atoms with Crippen molar-refractivity contribution in [2.24, 2.45) is 0 Å². The van der Waals surface area contributed by atoms with Crippen molar-refractivity contribution in [3.05, 3.63) is 34.2 Å². The van der Waals surface area contributed by atoms with Crippen LogP contribution in [0.2, 0.25) is 0 Å². The van der Waals surface area contributed by atoms with Crippen LogP contribution in [-0.2, 0) is 9.59 Å². The molecule has 0 radical (unpaired) electrons. The molecule has 1 aromatic heterocycles. The zero-order chi connectivity index (χ0) is 15.1. The molecule has 0 bridgehead atoms. The minimum atomic E-state index is -0.780. The molecule has 7 nitrogen and oxygen atoms in total. The van der Waals surface area contributed by atoms with Gasteiger partial charge in [-0.25, -0.2) is 4.68 Å². The number of carbonyl (C=O) groups is 2. The Labute approximate surface area is 119 Å². The van der Waals surface area contributed by atoms with E-state index in [1.807, 2.05) is 0 Å². The molecule has 3 N–H and O–H groups in total. The molecule has 1 aliphatic heterocycles. The van der Waals surface area contributed by atoms with Gasteiger partial charge in [-0.2, -0.15) is 5.10 Å². The fourth-order valence-corrected chi connectivity index (χ4v) is 2.61. The summed E-state index contributed by atoms with van der Waals surface area (Å²) in [6, 6.07) is 4.38. The molecule has 1 aromatic carbocycles. The van der Waals surface area contributed by atoms with E-state index >= 15 is 0 Å². The van der Waals surface area contributed by atoms with Crippen molar-refractivity contribution in [1.82, 2.24) is 15.1 Å². The summed E-state index contributed by atoms with van der Waals surface area (Å²) in [5.74, 6) is -0.838. The molecule has 2 heterocycles. The average molecular weight is 286 g/mol. The molecule has 0 saturated carbocycles. The van der Waals surface area contributed by atoms with Crippen molar-refractivity contribution in [1.29, 1.82) is 0 Å². The van der Waals surface area contributed by atoms with E-state index in [-0.39, 0.29) is 18.7 Å². The van der Waals surface area contributed by atoms with E-state index in [4.69, 9.17) is 5.73 Å². The minimum absolute atomic E-state index is 0.186. The monoisotopic (exact) mass is 286 g/mol. The van der Waals surface area contributed by atoms with Gasteiger partial charge < -0.3 is 5.73 Å². The molecule has 7 heteroatoms. The zero-order valence-electron chi connectivity index (χ0n) is 11.4. The van der Waals surface area contributed by atoms with Crippen molar-refractivity contribution in [3.63, 3.8) is 0 Å². The van der Waals surface area contributed by atoms with E-state index in [2.05, 4.69) is 10.4 Å². The molecular weight excluding hydrogens is 272 g/mol. The number of imide groups is 1. The number of nitrogens with zero attached hydrogens (tertiary/aromatic N) is 2. The van der Waals surface area contributed by atoms with E-state index in [0.29, 0.717) is 22.2 Å². The van der Waals surface area contributed by atoms with Gasteiger partial charge >= 0.3 is 0 Å². The number of amides is 2. The highest BCUT2D eigenvalue weighted by Gasteiger charge is 2.30. The molecule has 3 rings (SSSR count). The lowest BCUT2D eigenvalue weighted by Crippen LogP contribution is -2.45. The summed E-state index contributed by atoms with van der Waals surface area (Å²) in [5.41, 5.74) is 6.44. The molecule has 1 saturated heterocycles. The Hall–Kier alpha value is -2.70. The molecule has 2 aromatic rings. The van der Waals surface area contributed by atoms with Gasteiger partial charge in [-0.05, 0) is 19.4 Å². The number of aromatic nitrogens is 2. The van der Waals surface area contributed by atoms with Crippen molar-refractivity contribution in [2.45, 2.75) is 25.8 Å². The number of benzene rings is 1. The molecule has 1 aliphatic rings. The normalized spacial score (nSPS) is 18.8. The number of hydrogen-bond donors (Lipinski definition) is 2. The van der Waals surface area contributed by atoms with E-state index in [1.54, 1.807) is 25.1 Å². The molecule has 108 valence electrons. The highest BCUT2D eigenvalue weighted by atomic mass is 16.2. The maximum atomic E-state index is 12.6. The largest absolute Gasteiger partial charge is 0.398 e. The number of hydrogen-bond acceptors (Lipinski definition) is 5. The molecular formula is C14H14N4O3. The number of carbonyl (C=O) groups excluding carboxylic acids is 2. The smallest absolute Gasteiger partial charge is 0.277 e. The van der Waals surface area contributed by atoms with Crippen LogP contribution in [0, 0.1) is 6.92 Å². The van der Waals surface area contributed by atoms with Crippen molar-refractivity contribution in [3.8, 4) is 0 Å². The summed E-state index contributed by atoms with van der Waals surface area (Å²) < 4.78 is 1.13. The third-order valence-electron chi connectivity index (χ3n) is 3.67. The Balaban J connectivity index is 2.23. The van der Waals surface area contributed by atoms with Crippen LogP contribution in [0.3, 0.4) is 0 Å². The third-order valence-corrected chi connectivity index (χ3v) is 3.67. The predicted octanol–water partition coefficient (Wildman–Crippen LogP) is 0.265. The summed E-state index contributed by atoms with van der Waals surface area (Å²) in [6.07, 6.45) is 0.446. The van der Waals surface area contributed by atoms with Gasteiger partial charge in [0.05, 0.1) is 11.1 Å². The topological polar surface area (TPSA) is 107 Å². The number of nitrogens with one attached hydrogen (secondary N) is 1. The van der Waals surface area contributed by atoms with Crippen molar-refractivity contribution >= 4 is 28.3 Å². The summed E-state index contributed by atoms with van der Waals surface area (Å²) in [6.45, 7) is 1.75. The number of aryl methyl sites for hydroxylation is 1. The lowest BCUT2D eigenvalue weighted by atomic mass is 10.1. The number of anilines is 1. The second-order valence-electron chi connectivity index (χ2n) is 5.07. The number of piperidine rings is 1. The van der Waals surface area contributed by atoms with E-state index in [9.17, 15) is 14.4 Å². The Morgan fingerprint density at radius 2 is 2.10 bits per heavy atom. The third kappa shape index (κ3) is 2.06. The standard InChI is InChI=1S/C14H14N4O3/c1-7-8-3-2-4-9(15)12(8)14(21)18(17-7)10-5-6-11(19)16-13(10)20/h2-4,10H,5-6,15H2,1H3,(H,16,19,20). The van der Waals surface area contributed by atoms with Gasteiger partial charge in [0.1, 0.15) is 6.04 Å². The predicted molar refractivity (Wildman–Crippen MR) is 76.6 cm³/mol. The van der Waals surface area contributed by atoms with Crippen LogP contribution in [0.25, 0.3) is 10.8 Å². The first-order valence-corrected chi connectivity index (χ1v) is 6.60. The van der Waals surface area contributed by atoms with Crippen LogP contribution < -0.4 is 16.6 Å². The van der Waals surface area contributed by atoms with E-state index in [0.717, 1.165) is 4.68 Å². The first kappa shape index (κ1) is 13.3. The van der Waals surface area contributed by atoms with Gasteiger partial charge in [-0.3, -0.25) is 19.7 Å². The Morgan fingerprint density at radius 1 is 1.33 bits per heavy atom. The highest BCUT2D eigenvalue weighted by molar-refractivity contribution is 5.99. The van der Waals surface area contributed by atoms with E-state index in [1.165, 1.54) is 0 Å².